The maximum absolute atomic E-state index is 13.0. The summed E-state index contributed by atoms with van der Waals surface area (Å²) in [5.74, 6) is 0.550. The number of nitrogens with one attached hydrogen (secondary N) is 1. The minimum Gasteiger partial charge on any atom is -0.379 e. The van der Waals surface area contributed by atoms with E-state index >= 15 is 0 Å². The van der Waals surface area contributed by atoms with Crippen molar-refractivity contribution < 1.29 is 17.9 Å². The summed E-state index contributed by atoms with van der Waals surface area (Å²) in [6.07, 6.45) is -2.56. The third kappa shape index (κ3) is 4.36. The Morgan fingerprint density at radius 1 is 1.10 bits per heavy atom. The Bertz CT molecular complexity index is 1010. The van der Waals surface area contributed by atoms with Crippen molar-refractivity contribution in [3.8, 4) is 0 Å². The van der Waals surface area contributed by atoms with Gasteiger partial charge in [-0.15, -0.1) is 0 Å². The second-order valence-electron chi connectivity index (χ2n) is 7.22. The molecule has 0 aliphatic carbocycles. The van der Waals surface area contributed by atoms with Gasteiger partial charge < -0.3 is 10.1 Å². The number of alkyl halides is 3. The summed E-state index contributed by atoms with van der Waals surface area (Å²) in [5.41, 5.74) is 1.89. The van der Waals surface area contributed by atoms with Crippen molar-refractivity contribution in [2.45, 2.75) is 19.6 Å². The van der Waals surface area contributed by atoms with Crippen LogP contribution in [0.15, 0.2) is 48.7 Å². The van der Waals surface area contributed by atoms with Crippen molar-refractivity contribution in [2.75, 3.05) is 31.6 Å². The largest absolute Gasteiger partial charge is 0.416 e. The highest BCUT2D eigenvalue weighted by molar-refractivity contribution is 5.97. The van der Waals surface area contributed by atoms with Crippen LogP contribution in [0.1, 0.15) is 16.7 Å². The fourth-order valence-electron chi connectivity index (χ4n) is 3.70. The van der Waals surface area contributed by atoms with Gasteiger partial charge in [0.25, 0.3) is 0 Å². The van der Waals surface area contributed by atoms with E-state index in [4.69, 9.17) is 4.74 Å². The summed E-state index contributed by atoms with van der Waals surface area (Å²) in [4.78, 5) is 6.88. The van der Waals surface area contributed by atoms with Gasteiger partial charge >= 0.3 is 6.18 Å². The summed E-state index contributed by atoms with van der Waals surface area (Å²) in [6.45, 7) is 6.00. The van der Waals surface area contributed by atoms with Gasteiger partial charge in [0, 0.05) is 36.9 Å². The van der Waals surface area contributed by atoms with Gasteiger partial charge in [-0.1, -0.05) is 24.3 Å². The standard InChI is InChI=1S/C22H22F3N3O/c1-15-4-2-7-19-20(15)16(14-28-8-10-29-11-9-28)13-26-21(19)27-18-6-3-5-17(12-18)22(23,24)25/h2-7,12-13H,8-11,14H2,1H3,(H,26,27). The van der Waals surface area contributed by atoms with Crippen LogP contribution >= 0.6 is 0 Å². The van der Waals surface area contributed by atoms with Crippen molar-refractivity contribution in [2.24, 2.45) is 0 Å². The predicted octanol–water partition coefficient (Wildman–Crippen LogP) is 5.14. The zero-order chi connectivity index (χ0) is 20.4. The van der Waals surface area contributed by atoms with Gasteiger partial charge in [-0.3, -0.25) is 4.90 Å². The molecule has 1 fully saturated rings. The molecule has 0 spiro atoms. The van der Waals surface area contributed by atoms with E-state index in [1.54, 1.807) is 6.07 Å². The number of hydrogen-bond acceptors (Lipinski definition) is 4. The topological polar surface area (TPSA) is 37.4 Å². The molecular weight excluding hydrogens is 379 g/mol. The Hall–Kier alpha value is -2.64. The molecule has 4 nitrogen and oxygen atoms in total. The van der Waals surface area contributed by atoms with Crippen molar-refractivity contribution in [3.63, 3.8) is 0 Å². The number of halogens is 3. The Morgan fingerprint density at radius 2 is 1.86 bits per heavy atom. The fraction of sp³-hybridized carbons (Fsp3) is 0.318. The molecule has 1 aliphatic rings. The molecule has 4 rings (SSSR count). The van der Waals surface area contributed by atoms with Crippen LogP contribution in [0.4, 0.5) is 24.7 Å². The summed E-state index contributed by atoms with van der Waals surface area (Å²) in [6, 6.07) is 11.1. The number of aryl methyl sites for hydroxylation is 1. The van der Waals surface area contributed by atoms with Gasteiger partial charge in [0.2, 0.25) is 0 Å². The molecule has 0 atom stereocenters. The third-order valence-electron chi connectivity index (χ3n) is 5.15. The summed E-state index contributed by atoms with van der Waals surface area (Å²) in [7, 11) is 0. The van der Waals surface area contributed by atoms with Crippen LogP contribution in [-0.4, -0.2) is 36.2 Å². The van der Waals surface area contributed by atoms with Crippen molar-refractivity contribution >= 4 is 22.3 Å². The second kappa shape index (κ2) is 8.00. The Kier molecular flexibility index (Phi) is 5.43. The van der Waals surface area contributed by atoms with Crippen LogP contribution in [-0.2, 0) is 17.5 Å². The first-order chi connectivity index (χ1) is 13.9. The second-order valence-corrected chi connectivity index (χ2v) is 7.22. The quantitative estimate of drug-likeness (QED) is 0.657. The van der Waals surface area contributed by atoms with E-state index in [0.29, 0.717) is 11.5 Å². The van der Waals surface area contributed by atoms with E-state index in [0.717, 1.165) is 66.9 Å². The molecule has 0 saturated carbocycles. The van der Waals surface area contributed by atoms with E-state index in [2.05, 4.69) is 15.2 Å². The lowest BCUT2D eigenvalue weighted by molar-refractivity contribution is -0.137. The zero-order valence-corrected chi connectivity index (χ0v) is 16.1. The highest BCUT2D eigenvalue weighted by atomic mass is 19.4. The first-order valence-electron chi connectivity index (χ1n) is 9.53. The molecule has 2 aromatic carbocycles. The molecule has 1 N–H and O–H groups in total. The SMILES string of the molecule is Cc1cccc2c(Nc3cccc(C(F)(F)F)c3)ncc(CN3CCOCC3)c12. The van der Waals surface area contributed by atoms with Gasteiger partial charge in [0.05, 0.1) is 18.8 Å². The minimum atomic E-state index is -4.38. The summed E-state index contributed by atoms with van der Waals surface area (Å²) >= 11 is 0. The zero-order valence-electron chi connectivity index (χ0n) is 16.1. The maximum Gasteiger partial charge on any atom is 0.416 e. The number of ether oxygens (including phenoxy) is 1. The van der Waals surface area contributed by atoms with Gasteiger partial charge in [0.1, 0.15) is 5.82 Å². The smallest absolute Gasteiger partial charge is 0.379 e. The van der Waals surface area contributed by atoms with E-state index in [9.17, 15) is 13.2 Å². The molecule has 2 heterocycles. The van der Waals surface area contributed by atoms with E-state index in [1.807, 2.05) is 31.3 Å². The molecule has 1 saturated heterocycles. The van der Waals surface area contributed by atoms with Crippen LogP contribution in [0, 0.1) is 6.92 Å². The first kappa shape index (κ1) is 19.7. The molecule has 0 bridgehead atoms. The molecule has 1 aromatic heterocycles. The lowest BCUT2D eigenvalue weighted by atomic mass is 10.0. The number of benzene rings is 2. The number of fused-ring (bicyclic) bond motifs is 1. The highest BCUT2D eigenvalue weighted by Gasteiger charge is 2.30. The molecular formula is C22H22F3N3O. The summed E-state index contributed by atoms with van der Waals surface area (Å²) in [5, 5.41) is 5.06. The maximum atomic E-state index is 13.0. The number of anilines is 2. The van der Waals surface area contributed by atoms with Crippen molar-refractivity contribution in [1.29, 1.82) is 0 Å². The first-order valence-corrected chi connectivity index (χ1v) is 9.53. The average Bonchev–Trinajstić information content (AvgIpc) is 2.70. The molecule has 1 aliphatic heterocycles. The van der Waals surface area contributed by atoms with E-state index in [1.165, 1.54) is 6.07 Å². The van der Waals surface area contributed by atoms with Crippen LogP contribution < -0.4 is 5.32 Å². The predicted molar refractivity (Wildman–Crippen MR) is 107 cm³/mol. The number of hydrogen-bond donors (Lipinski definition) is 1. The van der Waals surface area contributed by atoms with Gasteiger partial charge in [-0.2, -0.15) is 13.2 Å². The van der Waals surface area contributed by atoms with Crippen molar-refractivity contribution in [3.05, 3.63) is 65.4 Å². The normalized spacial score (nSPS) is 15.6. The van der Waals surface area contributed by atoms with Gasteiger partial charge in [-0.05, 0) is 41.6 Å². The van der Waals surface area contributed by atoms with Crippen molar-refractivity contribution in [1.82, 2.24) is 9.88 Å². The number of nitrogens with zero attached hydrogens (tertiary/aromatic N) is 2. The van der Waals surface area contributed by atoms with Crippen LogP contribution in [0.3, 0.4) is 0 Å². The molecule has 0 unspecified atom stereocenters. The van der Waals surface area contributed by atoms with Crippen LogP contribution in [0.2, 0.25) is 0 Å². The summed E-state index contributed by atoms with van der Waals surface area (Å²) < 4.78 is 44.5. The van der Waals surface area contributed by atoms with E-state index < -0.39 is 11.7 Å². The lowest BCUT2D eigenvalue weighted by Crippen LogP contribution is -2.35. The fourth-order valence-corrected chi connectivity index (χ4v) is 3.70. The van der Waals surface area contributed by atoms with Crippen LogP contribution in [0.5, 0.6) is 0 Å². The highest BCUT2D eigenvalue weighted by Crippen LogP contribution is 2.33. The van der Waals surface area contributed by atoms with Crippen LogP contribution in [0.25, 0.3) is 10.8 Å². The monoisotopic (exact) mass is 401 g/mol. The lowest BCUT2D eigenvalue weighted by Gasteiger charge is -2.27. The molecule has 152 valence electrons. The minimum absolute atomic E-state index is 0.357. The van der Waals surface area contributed by atoms with Gasteiger partial charge in [0.15, 0.2) is 0 Å². The average molecular weight is 401 g/mol. The molecule has 7 heteroatoms. The number of aromatic nitrogens is 1. The number of pyridine rings is 1. The molecule has 29 heavy (non-hydrogen) atoms. The number of rotatable bonds is 4. The Labute approximate surface area is 167 Å². The molecule has 0 radical (unpaired) electrons. The Morgan fingerprint density at radius 3 is 2.62 bits per heavy atom. The third-order valence-corrected chi connectivity index (χ3v) is 5.15. The number of morpholine rings is 1. The molecule has 3 aromatic rings. The molecule has 0 amide bonds. The van der Waals surface area contributed by atoms with Gasteiger partial charge in [-0.25, -0.2) is 4.98 Å². The van der Waals surface area contributed by atoms with E-state index in [-0.39, 0.29) is 0 Å². The Balaban J connectivity index is 1.69.